The van der Waals surface area contributed by atoms with Crippen LogP contribution in [0.3, 0.4) is 0 Å². The summed E-state index contributed by atoms with van der Waals surface area (Å²) in [6.45, 7) is 0. The number of pyridine rings is 1. The summed E-state index contributed by atoms with van der Waals surface area (Å²) in [5.74, 6) is 0.463. The summed E-state index contributed by atoms with van der Waals surface area (Å²) in [6, 6.07) is 7.17. The van der Waals surface area contributed by atoms with Crippen molar-refractivity contribution in [3.8, 4) is 0 Å². The van der Waals surface area contributed by atoms with Crippen LogP contribution in [-0.2, 0) is 0 Å². The van der Waals surface area contributed by atoms with Gasteiger partial charge in [0.2, 0.25) is 0 Å². The lowest BCUT2D eigenvalue weighted by Crippen LogP contribution is -2.29. The minimum Gasteiger partial charge on any atom is -0.376 e. The Morgan fingerprint density at radius 2 is 2.09 bits per heavy atom. The first-order valence-corrected chi connectivity index (χ1v) is 7.84. The highest BCUT2D eigenvalue weighted by molar-refractivity contribution is 6.33. The van der Waals surface area contributed by atoms with Gasteiger partial charge in [0.15, 0.2) is 0 Å². The number of nitro benzene ring substituents is 1. The van der Waals surface area contributed by atoms with Crippen molar-refractivity contribution in [1.82, 2.24) is 4.98 Å². The Kier molecular flexibility index (Phi) is 3.31. The lowest BCUT2D eigenvalue weighted by atomic mass is 9.77. The standard InChI is InChI=1S/C17H14ClN3O2/c18-15-9-11(21(22)23)8-14-12-2-1-3-13(12)16(20-17(14)15)10-4-6-19-7-5-10/h1-2,4-9,12-13,16,20H,3H2/t12-,13+,16-/m1/s1. The number of non-ortho nitro benzene ring substituents is 1. The molecule has 0 bridgehead atoms. The molecule has 0 spiro atoms. The van der Waals surface area contributed by atoms with Crippen molar-refractivity contribution >= 4 is 23.0 Å². The van der Waals surface area contributed by atoms with Crippen molar-refractivity contribution < 1.29 is 4.92 Å². The quantitative estimate of drug-likeness (QED) is 0.502. The molecule has 0 saturated carbocycles. The monoisotopic (exact) mass is 327 g/mol. The van der Waals surface area contributed by atoms with Crippen LogP contribution in [0, 0.1) is 16.0 Å². The summed E-state index contributed by atoms with van der Waals surface area (Å²) in [5.41, 5.74) is 2.90. The predicted octanol–water partition coefficient (Wildman–Crippen LogP) is 4.47. The van der Waals surface area contributed by atoms with E-state index in [1.807, 2.05) is 12.1 Å². The Labute approximate surface area is 138 Å². The number of anilines is 1. The normalized spacial score (nSPS) is 24.7. The molecule has 1 aliphatic heterocycles. The maximum Gasteiger partial charge on any atom is 0.271 e. The van der Waals surface area contributed by atoms with Crippen molar-refractivity contribution in [3.63, 3.8) is 0 Å². The van der Waals surface area contributed by atoms with Gasteiger partial charge in [0.25, 0.3) is 5.69 Å². The molecular formula is C17H14ClN3O2. The van der Waals surface area contributed by atoms with Crippen LogP contribution in [0.25, 0.3) is 0 Å². The summed E-state index contributed by atoms with van der Waals surface area (Å²) in [7, 11) is 0. The minimum absolute atomic E-state index is 0.0389. The lowest BCUT2D eigenvalue weighted by Gasteiger charge is -2.37. The number of rotatable bonds is 2. The Balaban J connectivity index is 1.84. The maximum absolute atomic E-state index is 11.1. The number of allylic oxidation sites excluding steroid dienone is 2. The van der Waals surface area contributed by atoms with Crippen molar-refractivity contribution in [1.29, 1.82) is 0 Å². The first kappa shape index (κ1) is 14.2. The van der Waals surface area contributed by atoms with Gasteiger partial charge in [0.05, 0.1) is 21.7 Å². The van der Waals surface area contributed by atoms with Crippen LogP contribution in [0.5, 0.6) is 0 Å². The minimum atomic E-state index is -0.394. The molecule has 4 rings (SSSR count). The highest BCUT2D eigenvalue weighted by Crippen LogP contribution is 2.52. The van der Waals surface area contributed by atoms with Crippen LogP contribution < -0.4 is 5.32 Å². The number of nitrogens with one attached hydrogen (secondary N) is 1. The van der Waals surface area contributed by atoms with Crippen LogP contribution in [0.1, 0.15) is 29.5 Å². The second-order valence-electron chi connectivity index (χ2n) is 5.90. The third kappa shape index (κ3) is 2.28. The molecule has 2 aliphatic rings. The maximum atomic E-state index is 11.1. The zero-order valence-electron chi connectivity index (χ0n) is 12.1. The molecule has 3 atom stereocenters. The van der Waals surface area contributed by atoms with E-state index < -0.39 is 4.92 Å². The van der Waals surface area contributed by atoms with Crippen LogP contribution in [0.15, 0.2) is 48.8 Å². The molecule has 116 valence electrons. The van der Waals surface area contributed by atoms with Gasteiger partial charge < -0.3 is 5.32 Å². The average Bonchev–Trinajstić information content (AvgIpc) is 3.04. The van der Waals surface area contributed by atoms with E-state index in [1.165, 1.54) is 6.07 Å². The summed E-state index contributed by atoms with van der Waals surface area (Å²) in [5, 5.41) is 15.0. The Bertz CT molecular complexity index is 807. The fourth-order valence-electron chi connectivity index (χ4n) is 3.65. The number of halogens is 1. The van der Waals surface area contributed by atoms with Crippen LogP contribution >= 0.6 is 11.6 Å². The fourth-order valence-corrected chi connectivity index (χ4v) is 3.92. The number of aromatic nitrogens is 1. The molecule has 0 fully saturated rings. The third-order valence-corrected chi connectivity index (χ3v) is 4.98. The zero-order chi connectivity index (χ0) is 16.0. The third-order valence-electron chi connectivity index (χ3n) is 4.68. The predicted molar refractivity (Wildman–Crippen MR) is 88.7 cm³/mol. The van der Waals surface area contributed by atoms with E-state index in [-0.39, 0.29) is 17.6 Å². The number of nitrogens with zero attached hydrogens (tertiary/aromatic N) is 2. The first-order chi connectivity index (χ1) is 11.1. The SMILES string of the molecule is O=[N+]([O-])c1cc(Cl)c2c(c1)[C@@H]1C=CC[C@@H]1[C@@H](c1ccncc1)N2. The molecule has 2 heterocycles. The highest BCUT2D eigenvalue weighted by Gasteiger charge is 2.39. The number of hydrogen-bond acceptors (Lipinski definition) is 4. The van der Waals surface area contributed by atoms with E-state index in [9.17, 15) is 10.1 Å². The first-order valence-electron chi connectivity index (χ1n) is 7.46. The van der Waals surface area contributed by atoms with Gasteiger partial charge in [0.1, 0.15) is 0 Å². The second kappa shape index (κ2) is 5.35. The molecule has 6 heteroatoms. The molecule has 5 nitrogen and oxygen atoms in total. The summed E-state index contributed by atoms with van der Waals surface area (Å²) in [6.07, 6.45) is 8.78. The van der Waals surface area contributed by atoms with Crippen molar-refractivity contribution in [3.05, 3.63) is 75.1 Å². The molecule has 1 aromatic carbocycles. The average molecular weight is 328 g/mol. The molecule has 2 aromatic rings. The van der Waals surface area contributed by atoms with E-state index in [0.29, 0.717) is 10.9 Å². The largest absolute Gasteiger partial charge is 0.376 e. The Morgan fingerprint density at radius 3 is 2.83 bits per heavy atom. The molecular weight excluding hydrogens is 314 g/mol. The molecule has 1 aromatic heterocycles. The molecule has 1 aliphatic carbocycles. The van der Waals surface area contributed by atoms with E-state index in [0.717, 1.165) is 23.2 Å². The zero-order valence-corrected chi connectivity index (χ0v) is 12.9. The molecule has 0 amide bonds. The number of nitro groups is 1. The van der Waals surface area contributed by atoms with Gasteiger partial charge in [-0.25, -0.2) is 0 Å². The van der Waals surface area contributed by atoms with Gasteiger partial charge in [-0.05, 0) is 35.6 Å². The van der Waals surface area contributed by atoms with Gasteiger partial charge >= 0.3 is 0 Å². The van der Waals surface area contributed by atoms with Crippen LogP contribution in [0.4, 0.5) is 11.4 Å². The Hall–Kier alpha value is -2.40. The van der Waals surface area contributed by atoms with Gasteiger partial charge in [-0.3, -0.25) is 15.1 Å². The summed E-state index contributed by atoms with van der Waals surface area (Å²) < 4.78 is 0. The van der Waals surface area contributed by atoms with Crippen molar-refractivity contribution in [2.45, 2.75) is 18.4 Å². The number of hydrogen-bond donors (Lipinski definition) is 1. The fraction of sp³-hybridized carbons (Fsp3) is 0.235. The van der Waals surface area contributed by atoms with Crippen LogP contribution in [-0.4, -0.2) is 9.91 Å². The van der Waals surface area contributed by atoms with Gasteiger partial charge in [-0.15, -0.1) is 0 Å². The van der Waals surface area contributed by atoms with Crippen molar-refractivity contribution in [2.24, 2.45) is 5.92 Å². The highest BCUT2D eigenvalue weighted by atomic mass is 35.5. The van der Waals surface area contributed by atoms with E-state index in [1.54, 1.807) is 18.5 Å². The lowest BCUT2D eigenvalue weighted by molar-refractivity contribution is -0.384. The Morgan fingerprint density at radius 1 is 1.30 bits per heavy atom. The van der Waals surface area contributed by atoms with Gasteiger partial charge in [-0.2, -0.15) is 0 Å². The molecule has 1 N–H and O–H groups in total. The molecule has 0 radical (unpaired) electrons. The molecule has 0 saturated heterocycles. The summed E-state index contributed by atoms with van der Waals surface area (Å²) in [4.78, 5) is 14.8. The number of benzene rings is 1. The van der Waals surface area contributed by atoms with Crippen LogP contribution in [0.2, 0.25) is 5.02 Å². The van der Waals surface area contributed by atoms with Gasteiger partial charge in [-0.1, -0.05) is 23.8 Å². The van der Waals surface area contributed by atoms with Gasteiger partial charge in [0, 0.05) is 30.4 Å². The topological polar surface area (TPSA) is 68.1 Å². The smallest absolute Gasteiger partial charge is 0.271 e. The molecule has 0 unspecified atom stereocenters. The van der Waals surface area contributed by atoms with Crippen molar-refractivity contribution in [2.75, 3.05) is 5.32 Å². The van der Waals surface area contributed by atoms with E-state index in [2.05, 4.69) is 22.5 Å². The second-order valence-corrected chi connectivity index (χ2v) is 6.31. The van der Waals surface area contributed by atoms with E-state index >= 15 is 0 Å². The number of fused-ring (bicyclic) bond motifs is 3. The van der Waals surface area contributed by atoms with E-state index in [4.69, 9.17) is 11.6 Å². The summed E-state index contributed by atoms with van der Waals surface area (Å²) >= 11 is 6.33. The molecule has 23 heavy (non-hydrogen) atoms.